The fourth-order valence-corrected chi connectivity index (χ4v) is 5.80. The second kappa shape index (κ2) is 13.9. The van der Waals surface area contributed by atoms with Gasteiger partial charge in [0.25, 0.3) is 10.0 Å². The molecule has 0 aliphatic carbocycles. The van der Waals surface area contributed by atoms with Gasteiger partial charge in [-0.2, -0.15) is 0 Å². The molecule has 208 valence electrons. The Morgan fingerprint density at radius 3 is 2.10 bits per heavy atom. The Kier molecular flexibility index (Phi) is 10.9. The zero-order valence-corrected chi connectivity index (χ0v) is 25.2. The van der Waals surface area contributed by atoms with Crippen LogP contribution >= 0.6 is 22.6 Å². The van der Waals surface area contributed by atoms with Crippen LogP contribution in [0.25, 0.3) is 0 Å². The molecule has 0 fully saturated rings. The van der Waals surface area contributed by atoms with Crippen molar-refractivity contribution in [3.05, 3.63) is 93.8 Å². The zero-order chi connectivity index (χ0) is 28.6. The summed E-state index contributed by atoms with van der Waals surface area (Å²) in [6.07, 6.45) is 1.02. The van der Waals surface area contributed by atoms with Crippen molar-refractivity contribution in [1.82, 2.24) is 10.2 Å². The van der Waals surface area contributed by atoms with E-state index in [1.54, 1.807) is 61.5 Å². The summed E-state index contributed by atoms with van der Waals surface area (Å²) in [7, 11) is -4.12. The molecular formula is C29H33FIN3O4S. The smallest absolute Gasteiger partial charge is 0.264 e. The molecule has 0 spiro atoms. The van der Waals surface area contributed by atoms with Crippen LogP contribution in [0.3, 0.4) is 0 Å². The minimum absolute atomic E-state index is 0.0114. The average Bonchev–Trinajstić information content (AvgIpc) is 2.93. The Morgan fingerprint density at radius 1 is 0.923 bits per heavy atom. The molecule has 10 heteroatoms. The molecule has 2 atom stereocenters. The van der Waals surface area contributed by atoms with E-state index in [9.17, 15) is 22.4 Å². The first-order valence-corrected chi connectivity index (χ1v) is 15.3. The molecule has 0 aliphatic heterocycles. The number of hydrogen-bond donors (Lipinski definition) is 1. The monoisotopic (exact) mass is 665 g/mol. The average molecular weight is 666 g/mol. The summed E-state index contributed by atoms with van der Waals surface area (Å²) in [5.41, 5.74) is 0.942. The van der Waals surface area contributed by atoms with Crippen molar-refractivity contribution >= 4 is 50.1 Å². The van der Waals surface area contributed by atoms with Crippen LogP contribution in [0.1, 0.15) is 39.2 Å². The van der Waals surface area contributed by atoms with Gasteiger partial charge in [0.05, 0.1) is 10.6 Å². The van der Waals surface area contributed by atoms with Crippen molar-refractivity contribution in [2.24, 2.45) is 0 Å². The second-order valence-corrected chi connectivity index (χ2v) is 12.3. The fraction of sp³-hybridized carbons (Fsp3) is 0.310. The van der Waals surface area contributed by atoms with Crippen LogP contribution in [0.2, 0.25) is 0 Å². The van der Waals surface area contributed by atoms with E-state index in [0.717, 1.165) is 7.88 Å². The molecule has 0 saturated carbocycles. The number of carbonyl (C=O) groups is 2. The molecule has 0 aliphatic rings. The van der Waals surface area contributed by atoms with Crippen molar-refractivity contribution in [3.8, 4) is 0 Å². The van der Waals surface area contributed by atoms with Gasteiger partial charge in [0.1, 0.15) is 18.4 Å². The van der Waals surface area contributed by atoms with Crippen LogP contribution in [-0.4, -0.2) is 43.8 Å². The molecule has 0 saturated heterocycles. The van der Waals surface area contributed by atoms with E-state index < -0.39 is 34.3 Å². The van der Waals surface area contributed by atoms with E-state index in [4.69, 9.17) is 0 Å². The van der Waals surface area contributed by atoms with Crippen LogP contribution in [0, 0.1) is 9.39 Å². The summed E-state index contributed by atoms with van der Waals surface area (Å²) in [5.74, 6) is -1.30. The van der Waals surface area contributed by atoms with Crippen molar-refractivity contribution in [2.45, 2.75) is 57.1 Å². The Labute approximate surface area is 243 Å². The van der Waals surface area contributed by atoms with Crippen molar-refractivity contribution in [1.29, 1.82) is 0 Å². The molecule has 39 heavy (non-hydrogen) atoms. The minimum Gasteiger partial charge on any atom is -0.352 e. The molecule has 2 amide bonds. The SMILES string of the molecule is CC[C@@H](C)NC(=O)[C@H](CC)N(Cc1ccc(F)cc1)C(=O)CN(c1ccc(I)cc1)S(=O)(=O)c1ccccc1. The van der Waals surface area contributed by atoms with Gasteiger partial charge in [-0.3, -0.25) is 13.9 Å². The number of nitrogens with one attached hydrogen (secondary N) is 1. The summed E-state index contributed by atoms with van der Waals surface area (Å²) >= 11 is 2.12. The van der Waals surface area contributed by atoms with Gasteiger partial charge >= 0.3 is 0 Å². The number of rotatable bonds is 12. The second-order valence-electron chi connectivity index (χ2n) is 9.19. The maximum absolute atomic E-state index is 14.0. The zero-order valence-electron chi connectivity index (χ0n) is 22.2. The molecule has 0 aromatic heterocycles. The summed E-state index contributed by atoms with van der Waals surface area (Å²) in [4.78, 5) is 28.6. The maximum Gasteiger partial charge on any atom is 0.264 e. The van der Waals surface area contributed by atoms with Crippen LogP contribution < -0.4 is 9.62 Å². The van der Waals surface area contributed by atoms with Gasteiger partial charge in [0, 0.05) is 16.2 Å². The quantitative estimate of drug-likeness (QED) is 0.265. The van der Waals surface area contributed by atoms with Gasteiger partial charge in [0.2, 0.25) is 11.8 Å². The third kappa shape index (κ3) is 8.01. The van der Waals surface area contributed by atoms with E-state index >= 15 is 0 Å². The lowest BCUT2D eigenvalue weighted by molar-refractivity contribution is -0.140. The Morgan fingerprint density at radius 2 is 1.54 bits per heavy atom. The van der Waals surface area contributed by atoms with Gasteiger partial charge < -0.3 is 10.2 Å². The number of anilines is 1. The highest BCUT2D eigenvalue weighted by Gasteiger charge is 2.33. The predicted molar refractivity (Wildman–Crippen MR) is 159 cm³/mol. The van der Waals surface area contributed by atoms with E-state index in [2.05, 4.69) is 27.9 Å². The molecular weight excluding hydrogens is 632 g/mol. The molecule has 0 bridgehead atoms. The summed E-state index contributed by atoms with van der Waals surface area (Å²) < 4.78 is 43.1. The molecule has 3 rings (SSSR count). The van der Waals surface area contributed by atoms with Crippen LogP contribution in [0.4, 0.5) is 10.1 Å². The normalized spacial score (nSPS) is 12.8. The van der Waals surface area contributed by atoms with Crippen molar-refractivity contribution in [3.63, 3.8) is 0 Å². The number of benzene rings is 3. The molecule has 7 nitrogen and oxygen atoms in total. The number of nitrogens with zero attached hydrogens (tertiary/aromatic N) is 2. The Bertz CT molecular complexity index is 1350. The van der Waals surface area contributed by atoms with Crippen LogP contribution in [0.5, 0.6) is 0 Å². The van der Waals surface area contributed by atoms with Gasteiger partial charge in [-0.15, -0.1) is 0 Å². The largest absolute Gasteiger partial charge is 0.352 e. The number of hydrogen-bond acceptors (Lipinski definition) is 4. The lowest BCUT2D eigenvalue weighted by atomic mass is 10.1. The van der Waals surface area contributed by atoms with Gasteiger partial charge in [-0.25, -0.2) is 12.8 Å². The number of halogens is 2. The van der Waals surface area contributed by atoms with E-state index in [1.165, 1.54) is 29.2 Å². The van der Waals surface area contributed by atoms with Gasteiger partial charge in [0.15, 0.2) is 0 Å². The highest BCUT2D eigenvalue weighted by atomic mass is 127. The third-order valence-corrected chi connectivity index (χ3v) is 8.89. The number of amides is 2. The summed E-state index contributed by atoms with van der Waals surface area (Å²) in [5, 5.41) is 2.93. The van der Waals surface area contributed by atoms with Gasteiger partial charge in [-0.1, -0.05) is 44.2 Å². The maximum atomic E-state index is 14.0. The fourth-order valence-electron chi connectivity index (χ4n) is 4.00. The lowest BCUT2D eigenvalue weighted by Gasteiger charge is -2.33. The van der Waals surface area contributed by atoms with Crippen LogP contribution in [0.15, 0.2) is 83.8 Å². The first kappa shape index (κ1) is 30.6. The lowest BCUT2D eigenvalue weighted by Crippen LogP contribution is -2.53. The molecule has 0 radical (unpaired) electrons. The Balaban J connectivity index is 2.03. The van der Waals surface area contributed by atoms with Crippen molar-refractivity contribution < 1.29 is 22.4 Å². The first-order valence-electron chi connectivity index (χ1n) is 12.7. The summed E-state index contributed by atoms with van der Waals surface area (Å²) in [6.45, 7) is 5.11. The Hall–Kier alpha value is -2.99. The molecule has 3 aromatic carbocycles. The highest BCUT2D eigenvalue weighted by molar-refractivity contribution is 14.1. The van der Waals surface area contributed by atoms with Gasteiger partial charge in [-0.05, 0) is 96.5 Å². The van der Waals surface area contributed by atoms with Crippen LogP contribution in [-0.2, 0) is 26.2 Å². The molecule has 1 N–H and O–H groups in total. The topological polar surface area (TPSA) is 86.8 Å². The van der Waals surface area contributed by atoms with Crippen molar-refractivity contribution in [2.75, 3.05) is 10.8 Å². The molecule has 0 heterocycles. The van der Waals surface area contributed by atoms with E-state index in [1.807, 2.05) is 13.8 Å². The standard InChI is InChI=1S/C29H33FIN3O4S/c1-4-21(3)32-29(36)27(5-2)33(19-22-11-13-23(30)14-12-22)28(35)20-34(25-17-15-24(31)16-18-25)39(37,38)26-9-7-6-8-10-26/h6-18,21,27H,4-5,19-20H2,1-3H3,(H,32,36)/t21-,27+/m1/s1. The molecule has 0 unspecified atom stereocenters. The van der Waals surface area contributed by atoms with E-state index in [0.29, 0.717) is 24.1 Å². The predicted octanol–water partition coefficient (Wildman–Crippen LogP) is 5.35. The number of carbonyl (C=O) groups excluding carboxylic acids is 2. The highest BCUT2D eigenvalue weighted by Crippen LogP contribution is 2.25. The molecule has 3 aromatic rings. The first-order chi connectivity index (χ1) is 18.6. The number of sulfonamides is 1. The third-order valence-electron chi connectivity index (χ3n) is 6.38. The minimum atomic E-state index is -4.12. The summed E-state index contributed by atoms with van der Waals surface area (Å²) in [6, 6.07) is 19.4. The van der Waals surface area contributed by atoms with E-state index in [-0.39, 0.29) is 23.4 Å².